The van der Waals surface area contributed by atoms with E-state index in [2.05, 4.69) is 10.0 Å². The maximum atomic E-state index is 12.9. The van der Waals surface area contributed by atoms with Crippen LogP contribution in [-0.4, -0.2) is 14.3 Å². The molecule has 0 radical (unpaired) electrons. The van der Waals surface area contributed by atoms with E-state index in [0.717, 1.165) is 12.1 Å². The largest absolute Gasteiger partial charge is 0.322 e. The van der Waals surface area contributed by atoms with Gasteiger partial charge in [0.25, 0.3) is 15.9 Å². The molecule has 5 nitrogen and oxygen atoms in total. The first-order valence-corrected chi connectivity index (χ1v) is 9.17. The number of benzene rings is 3. The Morgan fingerprint density at radius 2 is 1.50 bits per heavy atom. The number of rotatable bonds is 5. The van der Waals surface area contributed by atoms with E-state index in [-0.39, 0.29) is 16.1 Å². The average Bonchev–Trinajstić information content (AvgIpc) is 2.64. The van der Waals surface area contributed by atoms with Crippen LogP contribution in [0.1, 0.15) is 10.4 Å². The van der Waals surface area contributed by atoms with E-state index >= 15 is 0 Å². The van der Waals surface area contributed by atoms with Crippen LogP contribution >= 0.6 is 0 Å². The molecule has 0 saturated heterocycles. The molecule has 26 heavy (non-hydrogen) atoms. The van der Waals surface area contributed by atoms with Crippen molar-refractivity contribution in [2.45, 2.75) is 4.90 Å². The molecule has 3 aromatic rings. The van der Waals surface area contributed by atoms with Crippen molar-refractivity contribution < 1.29 is 17.6 Å². The highest BCUT2D eigenvalue weighted by molar-refractivity contribution is 7.92. The van der Waals surface area contributed by atoms with Crippen LogP contribution in [-0.2, 0) is 10.0 Å². The van der Waals surface area contributed by atoms with Gasteiger partial charge < -0.3 is 5.32 Å². The summed E-state index contributed by atoms with van der Waals surface area (Å²) in [7, 11) is -3.91. The number of hydrogen-bond donors (Lipinski definition) is 2. The first-order chi connectivity index (χ1) is 12.4. The maximum absolute atomic E-state index is 12.9. The summed E-state index contributed by atoms with van der Waals surface area (Å²) in [5, 5.41) is 2.70. The van der Waals surface area contributed by atoms with E-state index in [1.54, 1.807) is 24.3 Å². The van der Waals surface area contributed by atoms with Gasteiger partial charge in [0.15, 0.2) is 0 Å². The predicted molar refractivity (Wildman–Crippen MR) is 98.0 cm³/mol. The van der Waals surface area contributed by atoms with Crippen LogP contribution in [0, 0.1) is 5.82 Å². The number of sulfonamides is 1. The summed E-state index contributed by atoms with van der Waals surface area (Å²) in [6.07, 6.45) is 0. The van der Waals surface area contributed by atoms with Crippen LogP contribution < -0.4 is 10.0 Å². The third-order valence-electron chi connectivity index (χ3n) is 3.53. The van der Waals surface area contributed by atoms with Crippen molar-refractivity contribution in [1.29, 1.82) is 0 Å². The van der Waals surface area contributed by atoms with E-state index in [9.17, 15) is 17.6 Å². The van der Waals surface area contributed by atoms with Gasteiger partial charge >= 0.3 is 0 Å². The third kappa shape index (κ3) is 4.25. The molecule has 2 N–H and O–H groups in total. The molecule has 0 saturated carbocycles. The smallest absolute Gasteiger partial charge is 0.261 e. The SMILES string of the molecule is O=C(Nc1ccccc1)c1cccc(S(=O)(=O)Nc2ccc(F)cc2)c1. The molecule has 0 heterocycles. The highest BCUT2D eigenvalue weighted by Crippen LogP contribution is 2.18. The fraction of sp³-hybridized carbons (Fsp3) is 0. The molecule has 0 aliphatic heterocycles. The van der Waals surface area contributed by atoms with Crippen LogP contribution in [0.2, 0.25) is 0 Å². The lowest BCUT2D eigenvalue weighted by molar-refractivity contribution is 0.102. The summed E-state index contributed by atoms with van der Waals surface area (Å²) in [5.41, 5.74) is 1.04. The number of nitrogens with one attached hydrogen (secondary N) is 2. The lowest BCUT2D eigenvalue weighted by Crippen LogP contribution is -2.16. The number of amides is 1. The number of carbonyl (C=O) groups is 1. The van der Waals surface area contributed by atoms with E-state index in [1.165, 1.54) is 36.4 Å². The zero-order valence-corrected chi connectivity index (χ0v) is 14.3. The molecule has 1 amide bonds. The van der Waals surface area contributed by atoms with Gasteiger partial charge in [0.05, 0.1) is 4.90 Å². The van der Waals surface area contributed by atoms with Crippen molar-refractivity contribution in [1.82, 2.24) is 0 Å². The highest BCUT2D eigenvalue weighted by atomic mass is 32.2. The molecular weight excluding hydrogens is 355 g/mol. The summed E-state index contributed by atoms with van der Waals surface area (Å²) in [4.78, 5) is 12.3. The lowest BCUT2D eigenvalue weighted by atomic mass is 10.2. The second kappa shape index (κ2) is 7.37. The molecule has 0 unspecified atom stereocenters. The van der Waals surface area contributed by atoms with E-state index in [1.807, 2.05) is 6.07 Å². The molecule has 7 heteroatoms. The quantitative estimate of drug-likeness (QED) is 0.716. The molecule has 0 aliphatic rings. The van der Waals surface area contributed by atoms with Gasteiger partial charge in [-0.2, -0.15) is 0 Å². The summed E-state index contributed by atoms with van der Waals surface area (Å²) in [6.45, 7) is 0. The minimum atomic E-state index is -3.91. The van der Waals surface area contributed by atoms with Crippen LogP contribution in [0.3, 0.4) is 0 Å². The van der Waals surface area contributed by atoms with Crippen molar-refractivity contribution in [2.75, 3.05) is 10.0 Å². The fourth-order valence-electron chi connectivity index (χ4n) is 2.26. The summed E-state index contributed by atoms with van der Waals surface area (Å²) in [5.74, 6) is -0.887. The Kier molecular flexibility index (Phi) is 4.99. The van der Waals surface area contributed by atoms with Gasteiger partial charge in [-0.05, 0) is 54.6 Å². The van der Waals surface area contributed by atoms with Crippen molar-refractivity contribution in [2.24, 2.45) is 0 Å². The Morgan fingerprint density at radius 1 is 0.808 bits per heavy atom. The molecule has 3 rings (SSSR count). The molecule has 3 aromatic carbocycles. The molecule has 0 aromatic heterocycles. The molecule has 132 valence electrons. The number of carbonyl (C=O) groups excluding carboxylic acids is 1. The van der Waals surface area contributed by atoms with Gasteiger partial charge in [-0.25, -0.2) is 12.8 Å². The first-order valence-electron chi connectivity index (χ1n) is 7.69. The van der Waals surface area contributed by atoms with Crippen molar-refractivity contribution >= 4 is 27.3 Å². The lowest BCUT2D eigenvalue weighted by Gasteiger charge is -2.10. The van der Waals surface area contributed by atoms with Crippen LogP contribution in [0.5, 0.6) is 0 Å². The summed E-state index contributed by atoms with van der Waals surface area (Å²) < 4.78 is 40.3. The minimum Gasteiger partial charge on any atom is -0.322 e. The normalized spacial score (nSPS) is 11.0. The van der Waals surface area contributed by atoms with Crippen molar-refractivity contribution in [3.8, 4) is 0 Å². The van der Waals surface area contributed by atoms with Gasteiger partial charge in [0.1, 0.15) is 5.82 Å². The molecule has 0 spiro atoms. The van der Waals surface area contributed by atoms with Crippen molar-refractivity contribution in [3.05, 3.63) is 90.2 Å². The molecule has 0 aliphatic carbocycles. The predicted octanol–water partition coefficient (Wildman–Crippen LogP) is 3.88. The van der Waals surface area contributed by atoms with Gasteiger partial charge in [-0.15, -0.1) is 0 Å². The zero-order chi connectivity index (χ0) is 18.6. The molecular formula is C19H15FN2O3S. The van der Waals surface area contributed by atoms with Crippen LogP contribution in [0.15, 0.2) is 83.8 Å². The maximum Gasteiger partial charge on any atom is 0.261 e. The fourth-order valence-corrected chi connectivity index (χ4v) is 3.37. The topological polar surface area (TPSA) is 75.3 Å². The minimum absolute atomic E-state index is 0.0671. The monoisotopic (exact) mass is 370 g/mol. The van der Waals surface area contributed by atoms with E-state index < -0.39 is 21.7 Å². The molecule has 0 bridgehead atoms. The Bertz CT molecular complexity index is 1020. The van der Waals surface area contributed by atoms with E-state index in [0.29, 0.717) is 5.69 Å². The average molecular weight is 370 g/mol. The summed E-state index contributed by atoms with van der Waals surface area (Å²) >= 11 is 0. The van der Waals surface area contributed by atoms with Crippen LogP contribution in [0.4, 0.5) is 15.8 Å². The number of para-hydroxylation sites is 1. The number of anilines is 2. The molecule has 0 atom stereocenters. The number of halogens is 1. The Labute approximate surface area is 150 Å². The van der Waals surface area contributed by atoms with Gasteiger partial charge in [0.2, 0.25) is 0 Å². The third-order valence-corrected chi connectivity index (χ3v) is 4.91. The van der Waals surface area contributed by atoms with Gasteiger partial charge in [-0.1, -0.05) is 24.3 Å². The van der Waals surface area contributed by atoms with Crippen molar-refractivity contribution in [3.63, 3.8) is 0 Å². The van der Waals surface area contributed by atoms with Gasteiger partial charge in [0, 0.05) is 16.9 Å². The zero-order valence-electron chi connectivity index (χ0n) is 13.5. The van der Waals surface area contributed by atoms with Gasteiger partial charge in [-0.3, -0.25) is 9.52 Å². The second-order valence-corrected chi connectivity index (χ2v) is 7.14. The summed E-state index contributed by atoms with van der Waals surface area (Å²) in [6, 6.07) is 19.5. The second-order valence-electron chi connectivity index (χ2n) is 5.46. The highest BCUT2D eigenvalue weighted by Gasteiger charge is 2.16. The standard InChI is InChI=1S/C19H15FN2O3S/c20-15-9-11-17(12-10-15)22-26(24,25)18-8-4-5-14(13-18)19(23)21-16-6-2-1-3-7-16/h1-13,22H,(H,21,23). The van der Waals surface area contributed by atoms with Crippen LogP contribution in [0.25, 0.3) is 0 Å². The Morgan fingerprint density at radius 3 is 2.19 bits per heavy atom. The van der Waals surface area contributed by atoms with E-state index in [4.69, 9.17) is 0 Å². The first kappa shape index (κ1) is 17.6. The molecule has 0 fully saturated rings. The Hall–Kier alpha value is -3.19. The Balaban J connectivity index is 1.81. The number of hydrogen-bond acceptors (Lipinski definition) is 3.